The second-order valence-corrected chi connectivity index (χ2v) is 4.02. The Morgan fingerprint density at radius 2 is 1.65 bits per heavy atom. The van der Waals surface area contributed by atoms with E-state index in [4.69, 9.17) is 4.84 Å². The predicted octanol–water partition coefficient (Wildman–Crippen LogP) is 3.75. The lowest BCUT2D eigenvalue weighted by Gasteiger charge is -1.92. The fraction of sp³-hybridized carbons (Fsp3) is 0.0556. The van der Waals surface area contributed by atoms with Gasteiger partial charge in [-0.05, 0) is 29.7 Å². The van der Waals surface area contributed by atoms with E-state index in [1.165, 1.54) is 7.11 Å². The number of nitrogens with zero attached hydrogens (tertiary/aromatic N) is 1. The zero-order valence-corrected chi connectivity index (χ0v) is 11.3. The van der Waals surface area contributed by atoms with E-state index in [-0.39, 0.29) is 0 Å². The molecule has 0 bridgehead atoms. The number of allylic oxidation sites excluding steroid dienone is 1. The third-order valence-corrected chi connectivity index (χ3v) is 2.53. The maximum Gasteiger partial charge on any atom is 0.152 e. The van der Waals surface area contributed by atoms with Crippen LogP contribution < -0.4 is 0 Å². The van der Waals surface area contributed by atoms with Gasteiger partial charge in [0.25, 0.3) is 0 Å². The Hall–Kier alpha value is -2.79. The van der Waals surface area contributed by atoms with Crippen molar-refractivity contribution in [1.29, 1.82) is 0 Å². The van der Waals surface area contributed by atoms with Crippen LogP contribution in [0.3, 0.4) is 0 Å². The SMILES string of the molecule is CO/N=C(C#Cc1ccccc1)/C=C\c1ccccc1. The van der Waals surface area contributed by atoms with Crippen molar-refractivity contribution >= 4 is 11.8 Å². The smallest absolute Gasteiger partial charge is 0.152 e. The molecule has 98 valence electrons. The minimum atomic E-state index is 0.584. The van der Waals surface area contributed by atoms with Crippen molar-refractivity contribution in [3.63, 3.8) is 0 Å². The summed E-state index contributed by atoms with van der Waals surface area (Å²) in [6.45, 7) is 0. The minimum absolute atomic E-state index is 0.584. The number of rotatable bonds is 3. The first kappa shape index (κ1) is 13.6. The summed E-state index contributed by atoms with van der Waals surface area (Å²) < 4.78 is 0. The Kier molecular flexibility index (Phi) is 5.18. The van der Waals surface area contributed by atoms with Crippen LogP contribution in [-0.4, -0.2) is 12.8 Å². The van der Waals surface area contributed by atoms with Crippen molar-refractivity contribution in [2.24, 2.45) is 5.16 Å². The summed E-state index contributed by atoms with van der Waals surface area (Å²) in [7, 11) is 1.51. The maximum atomic E-state index is 4.82. The standard InChI is InChI=1S/C18H15NO/c1-20-19-18(14-12-16-8-4-2-5-9-16)15-13-17-10-6-3-7-11-17/h2-12,14H,1H3/b14-12-,19-18-. The maximum absolute atomic E-state index is 4.82. The van der Waals surface area contributed by atoms with Gasteiger partial charge >= 0.3 is 0 Å². The predicted molar refractivity (Wildman–Crippen MR) is 83.2 cm³/mol. The van der Waals surface area contributed by atoms with Gasteiger partial charge in [-0.2, -0.15) is 0 Å². The van der Waals surface area contributed by atoms with Crippen LogP contribution in [0.4, 0.5) is 0 Å². The number of oxime groups is 1. The molecule has 0 amide bonds. The van der Waals surface area contributed by atoms with Gasteiger partial charge in [0.2, 0.25) is 0 Å². The van der Waals surface area contributed by atoms with Crippen molar-refractivity contribution in [2.75, 3.05) is 7.11 Å². The lowest BCUT2D eigenvalue weighted by molar-refractivity contribution is 0.214. The van der Waals surface area contributed by atoms with Crippen molar-refractivity contribution in [3.05, 3.63) is 77.9 Å². The molecule has 2 aromatic rings. The first-order valence-corrected chi connectivity index (χ1v) is 6.30. The van der Waals surface area contributed by atoms with Crippen molar-refractivity contribution in [2.45, 2.75) is 0 Å². The highest BCUT2D eigenvalue weighted by atomic mass is 16.6. The summed E-state index contributed by atoms with van der Waals surface area (Å²) in [6.07, 6.45) is 3.80. The third-order valence-electron chi connectivity index (χ3n) is 2.53. The van der Waals surface area contributed by atoms with E-state index in [1.54, 1.807) is 0 Å². The van der Waals surface area contributed by atoms with Gasteiger partial charge in [-0.15, -0.1) is 0 Å². The third kappa shape index (κ3) is 4.47. The molecule has 0 atom stereocenters. The summed E-state index contributed by atoms with van der Waals surface area (Å²) in [4.78, 5) is 4.82. The molecule has 0 aromatic heterocycles. The second-order valence-electron chi connectivity index (χ2n) is 4.02. The Morgan fingerprint density at radius 1 is 1.00 bits per heavy atom. The van der Waals surface area contributed by atoms with E-state index in [9.17, 15) is 0 Å². The van der Waals surface area contributed by atoms with Gasteiger partial charge in [0.05, 0.1) is 0 Å². The molecule has 0 unspecified atom stereocenters. The molecule has 2 nitrogen and oxygen atoms in total. The Balaban J connectivity index is 2.15. The average molecular weight is 261 g/mol. The first-order valence-electron chi connectivity index (χ1n) is 6.30. The molecule has 2 aromatic carbocycles. The van der Waals surface area contributed by atoms with Crippen LogP contribution in [0, 0.1) is 11.8 Å². The van der Waals surface area contributed by atoms with Gasteiger partial charge in [0.1, 0.15) is 7.11 Å². The van der Waals surface area contributed by atoms with Crippen LogP contribution in [0.25, 0.3) is 6.08 Å². The zero-order valence-electron chi connectivity index (χ0n) is 11.3. The largest absolute Gasteiger partial charge is 0.398 e. The van der Waals surface area contributed by atoms with Crippen molar-refractivity contribution in [1.82, 2.24) is 0 Å². The second kappa shape index (κ2) is 7.60. The van der Waals surface area contributed by atoms with Gasteiger partial charge in [0.15, 0.2) is 5.71 Å². The summed E-state index contributed by atoms with van der Waals surface area (Å²) in [6, 6.07) is 19.8. The Morgan fingerprint density at radius 3 is 2.30 bits per heavy atom. The first-order chi connectivity index (χ1) is 9.88. The van der Waals surface area contributed by atoms with E-state index in [0.29, 0.717) is 5.71 Å². The molecule has 20 heavy (non-hydrogen) atoms. The highest BCUT2D eigenvalue weighted by Gasteiger charge is 1.90. The molecule has 0 N–H and O–H groups in total. The quantitative estimate of drug-likeness (QED) is 0.468. The van der Waals surface area contributed by atoms with Gasteiger partial charge in [0, 0.05) is 5.56 Å². The monoisotopic (exact) mass is 261 g/mol. The number of benzene rings is 2. The van der Waals surface area contributed by atoms with Crippen LogP contribution in [0.5, 0.6) is 0 Å². The summed E-state index contributed by atoms with van der Waals surface area (Å²) in [5.41, 5.74) is 2.63. The molecule has 0 fully saturated rings. The molecular formula is C18H15NO. The van der Waals surface area contributed by atoms with E-state index >= 15 is 0 Å². The molecule has 0 spiro atoms. The van der Waals surface area contributed by atoms with Crippen molar-refractivity contribution in [3.8, 4) is 11.8 Å². The molecule has 0 aliphatic rings. The molecule has 0 radical (unpaired) electrons. The van der Waals surface area contributed by atoms with E-state index in [0.717, 1.165) is 11.1 Å². The molecule has 2 heteroatoms. The normalized spacial score (nSPS) is 10.9. The fourth-order valence-electron chi connectivity index (χ4n) is 1.59. The van der Waals surface area contributed by atoms with Crippen LogP contribution in [0.1, 0.15) is 11.1 Å². The lowest BCUT2D eigenvalue weighted by Crippen LogP contribution is -1.90. The zero-order chi connectivity index (χ0) is 14.0. The van der Waals surface area contributed by atoms with Crippen LogP contribution >= 0.6 is 0 Å². The summed E-state index contributed by atoms with van der Waals surface area (Å²) in [5, 5.41) is 3.91. The van der Waals surface area contributed by atoms with Crippen LogP contribution in [-0.2, 0) is 4.84 Å². The highest BCUT2D eigenvalue weighted by Crippen LogP contribution is 2.01. The molecule has 2 rings (SSSR count). The molecule has 0 saturated heterocycles. The Bertz CT molecular complexity index is 646. The van der Waals surface area contributed by atoms with E-state index in [2.05, 4.69) is 17.0 Å². The number of hydrogen-bond acceptors (Lipinski definition) is 2. The highest BCUT2D eigenvalue weighted by molar-refractivity contribution is 6.10. The number of hydrogen-bond donors (Lipinski definition) is 0. The fourth-order valence-corrected chi connectivity index (χ4v) is 1.59. The van der Waals surface area contributed by atoms with Gasteiger partial charge in [-0.25, -0.2) is 0 Å². The molecule has 0 aliphatic heterocycles. The van der Waals surface area contributed by atoms with Gasteiger partial charge in [-0.1, -0.05) is 65.7 Å². The molecule has 0 heterocycles. The minimum Gasteiger partial charge on any atom is -0.398 e. The average Bonchev–Trinajstić information content (AvgIpc) is 2.52. The van der Waals surface area contributed by atoms with Crippen molar-refractivity contribution < 1.29 is 4.84 Å². The van der Waals surface area contributed by atoms with Crippen LogP contribution in [0.2, 0.25) is 0 Å². The lowest BCUT2D eigenvalue weighted by atomic mass is 10.2. The van der Waals surface area contributed by atoms with E-state index < -0.39 is 0 Å². The van der Waals surface area contributed by atoms with Gasteiger partial charge < -0.3 is 4.84 Å². The van der Waals surface area contributed by atoms with E-state index in [1.807, 2.05) is 72.8 Å². The molecule has 0 aliphatic carbocycles. The Labute approximate surface area is 119 Å². The molecule has 0 saturated carbocycles. The van der Waals surface area contributed by atoms with Crippen LogP contribution in [0.15, 0.2) is 71.9 Å². The van der Waals surface area contributed by atoms with Gasteiger partial charge in [-0.3, -0.25) is 0 Å². The molecular weight excluding hydrogens is 246 g/mol. The summed E-state index contributed by atoms with van der Waals surface area (Å²) >= 11 is 0. The topological polar surface area (TPSA) is 21.6 Å². The summed E-state index contributed by atoms with van der Waals surface area (Å²) in [5.74, 6) is 6.05.